The van der Waals surface area contributed by atoms with Crippen LogP contribution in [0.4, 0.5) is 5.82 Å². The molecule has 1 aliphatic heterocycles. The van der Waals surface area contributed by atoms with E-state index in [1.165, 1.54) is 8.71 Å². The first-order valence-corrected chi connectivity index (χ1v) is 8.31. The molecule has 8 heteroatoms. The van der Waals surface area contributed by atoms with Crippen molar-refractivity contribution in [1.82, 2.24) is 13.7 Å². The van der Waals surface area contributed by atoms with Gasteiger partial charge in [-0.15, -0.1) is 0 Å². The molecule has 0 aromatic carbocycles. The van der Waals surface area contributed by atoms with Gasteiger partial charge in [-0.05, 0) is 30.9 Å². The maximum atomic E-state index is 12.8. The summed E-state index contributed by atoms with van der Waals surface area (Å²) in [6, 6.07) is 5.23. The van der Waals surface area contributed by atoms with Crippen LogP contribution in [-0.4, -0.2) is 46.9 Å². The Bertz CT molecular complexity index is 756. The zero-order chi connectivity index (χ0) is 15.0. The Morgan fingerprint density at radius 3 is 3.00 bits per heavy atom. The molecule has 3 heterocycles. The van der Waals surface area contributed by atoms with Gasteiger partial charge in [0, 0.05) is 25.9 Å². The van der Waals surface area contributed by atoms with Crippen molar-refractivity contribution >= 4 is 21.5 Å². The quantitative estimate of drug-likeness (QED) is 0.849. The van der Waals surface area contributed by atoms with E-state index < -0.39 is 10.0 Å². The third-order valence-electron chi connectivity index (χ3n) is 3.84. The minimum Gasteiger partial charge on any atom is -0.396 e. The molecular formula is C13H18N4O3S. The Hall–Kier alpha value is -1.64. The first-order valence-electron chi connectivity index (χ1n) is 6.87. The van der Waals surface area contributed by atoms with Gasteiger partial charge in [0.1, 0.15) is 5.65 Å². The van der Waals surface area contributed by atoms with Crippen molar-refractivity contribution in [1.29, 1.82) is 0 Å². The van der Waals surface area contributed by atoms with Gasteiger partial charge < -0.3 is 10.8 Å². The zero-order valence-corrected chi connectivity index (χ0v) is 12.3. The molecule has 1 aliphatic rings. The molecule has 0 radical (unpaired) electrons. The predicted octanol–water partition coefficient (Wildman–Crippen LogP) is 0.309. The van der Waals surface area contributed by atoms with Crippen LogP contribution in [0.3, 0.4) is 0 Å². The number of piperidine rings is 1. The lowest BCUT2D eigenvalue weighted by Crippen LogP contribution is -2.41. The van der Waals surface area contributed by atoms with Crippen molar-refractivity contribution in [3.63, 3.8) is 0 Å². The monoisotopic (exact) mass is 310 g/mol. The molecule has 7 nitrogen and oxygen atoms in total. The lowest BCUT2D eigenvalue weighted by molar-refractivity contribution is 0.165. The van der Waals surface area contributed by atoms with Crippen LogP contribution in [0.2, 0.25) is 0 Å². The summed E-state index contributed by atoms with van der Waals surface area (Å²) in [7, 11) is -3.72. The van der Waals surface area contributed by atoms with Gasteiger partial charge in [0.05, 0.1) is 0 Å². The molecule has 0 spiro atoms. The summed E-state index contributed by atoms with van der Waals surface area (Å²) < 4.78 is 28.6. The molecule has 0 amide bonds. The molecular weight excluding hydrogens is 292 g/mol. The fourth-order valence-electron chi connectivity index (χ4n) is 2.76. The number of hydrogen-bond acceptors (Lipinski definition) is 5. The lowest BCUT2D eigenvalue weighted by atomic mass is 10.0. The molecule has 0 aliphatic carbocycles. The summed E-state index contributed by atoms with van der Waals surface area (Å²) in [6.45, 7) is 0.755. The number of hydrogen-bond donors (Lipinski definition) is 2. The van der Waals surface area contributed by atoms with Crippen LogP contribution < -0.4 is 5.73 Å². The third-order valence-corrected chi connectivity index (χ3v) is 5.74. The van der Waals surface area contributed by atoms with Crippen molar-refractivity contribution in [2.75, 3.05) is 25.4 Å². The topological polar surface area (TPSA) is 101 Å². The minimum atomic E-state index is -3.72. The average molecular weight is 310 g/mol. The summed E-state index contributed by atoms with van der Waals surface area (Å²) >= 11 is 0. The van der Waals surface area contributed by atoms with Gasteiger partial charge >= 0.3 is 0 Å². The van der Waals surface area contributed by atoms with Gasteiger partial charge in [0.15, 0.2) is 10.8 Å². The van der Waals surface area contributed by atoms with Crippen LogP contribution in [-0.2, 0) is 10.0 Å². The maximum Gasteiger partial charge on any atom is 0.262 e. The van der Waals surface area contributed by atoms with Gasteiger partial charge in [0.25, 0.3) is 10.0 Å². The Morgan fingerprint density at radius 2 is 2.24 bits per heavy atom. The van der Waals surface area contributed by atoms with E-state index in [9.17, 15) is 13.5 Å². The first-order chi connectivity index (χ1) is 10.0. The lowest BCUT2D eigenvalue weighted by Gasteiger charge is -2.30. The number of anilines is 1. The number of aromatic nitrogens is 2. The van der Waals surface area contributed by atoms with Gasteiger partial charge in [-0.25, -0.2) is 13.4 Å². The van der Waals surface area contributed by atoms with Gasteiger partial charge in [0.2, 0.25) is 0 Å². The molecule has 21 heavy (non-hydrogen) atoms. The smallest absolute Gasteiger partial charge is 0.262 e. The van der Waals surface area contributed by atoms with Crippen molar-refractivity contribution < 1.29 is 13.5 Å². The first kappa shape index (κ1) is 14.3. The van der Waals surface area contributed by atoms with Crippen LogP contribution >= 0.6 is 0 Å². The molecule has 1 fully saturated rings. The number of fused-ring (bicyclic) bond motifs is 1. The summed E-state index contributed by atoms with van der Waals surface area (Å²) in [5, 5.41) is 9.28. The summed E-state index contributed by atoms with van der Waals surface area (Å²) in [5.74, 6) is -0.0127. The minimum absolute atomic E-state index is 0.00530. The van der Waals surface area contributed by atoms with E-state index in [1.54, 1.807) is 24.4 Å². The van der Waals surface area contributed by atoms with E-state index in [2.05, 4.69) is 4.98 Å². The number of nitrogens with two attached hydrogens (primary N) is 1. The van der Waals surface area contributed by atoms with E-state index in [1.807, 2.05) is 0 Å². The van der Waals surface area contributed by atoms with E-state index in [0.717, 1.165) is 12.8 Å². The summed E-state index contributed by atoms with van der Waals surface area (Å²) in [6.07, 6.45) is 3.21. The number of sulfonamides is 1. The SMILES string of the molecule is Nc1nc2ccccn2c1S(=O)(=O)N1CCCC(CO)C1. The van der Waals surface area contributed by atoms with Crippen LogP contribution in [0, 0.1) is 5.92 Å². The highest BCUT2D eigenvalue weighted by Crippen LogP contribution is 2.27. The fraction of sp³-hybridized carbons (Fsp3) is 0.462. The second-order valence-corrected chi connectivity index (χ2v) is 7.14. The molecule has 2 aromatic rings. The Morgan fingerprint density at radius 1 is 1.43 bits per heavy atom. The van der Waals surface area contributed by atoms with Crippen LogP contribution in [0.15, 0.2) is 29.4 Å². The Balaban J connectivity index is 2.06. The van der Waals surface area contributed by atoms with Crippen LogP contribution in [0.1, 0.15) is 12.8 Å². The number of imidazole rings is 1. The average Bonchev–Trinajstić information content (AvgIpc) is 2.83. The Labute approximate surface area is 123 Å². The van der Waals surface area contributed by atoms with Crippen LogP contribution in [0.25, 0.3) is 5.65 Å². The molecule has 114 valence electrons. The number of nitrogens with zero attached hydrogens (tertiary/aromatic N) is 3. The van der Waals surface area contributed by atoms with Crippen molar-refractivity contribution in [3.8, 4) is 0 Å². The van der Waals surface area contributed by atoms with Gasteiger partial charge in [-0.1, -0.05) is 6.07 Å². The molecule has 0 bridgehead atoms. The normalized spacial score (nSPS) is 20.9. The van der Waals surface area contributed by atoms with Gasteiger partial charge in [-0.2, -0.15) is 4.31 Å². The van der Waals surface area contributed by atoms with Crippen molar-refractivity contribution in [2.24, 2.45) is 5.92 Å². The summed E-state index contributed by atoms with van der Waals surface area (Å²) in [5.41, 5.74) is 6.33. The van der Waals surface area contributed by atoms with E-state index >= 15 is 0 Å². The predicted molar refractivity (Wildman–Crippen MR) is 78.2 cm³/mol. The number of aliphatic hydroxyl groups excluding tert-OH is 1. The second-order valence-electron chi connectivity index (χ2n) is 5.28. The zero-order valence-electron chi connectivity index (χ0n) is 11.5. The van der Waals surface area contributed by atoms with Crippen molar-refractivity contribution in [2.45, 2.75) is 17.9 Å². The Kier molecular flexibility index (Phi) is 3.60. The fourth-order valence-corrected chi connectivity index (χ4v) is 4.50. The van der Waals surface area contributed by atoms with Gasteiger partial charge in [-0.3, -0.25) is 4.40 Å². The number of nitrogen functional groups attached to an aromatic ring is 1. The number of rotatable bonds is 3. The molecule has 3 N–H and O–H groups in total. The molecule has 1 atom stereocenters. The second kappa shape index (κ2) is 5.28. The van der Waals surface area contributed by atoms with Crippen LogP contribution in [0.5, 0.6) is 0 Å². The van der Waals surface area contributed by atoms with E-state index in [-0.39, 0.29) is 23.4 Å². The molecule has 1 unspecified atom stereocenters. The standard InChI is InChI=1S/C13H18N4O3S/c14-12-13(17-7-2-1-5-11(17)15-12)21(19,20)16-6-3-4-10(8-16)9-18/h1-2,5,7,10,18H,3-4,6,8-9,14H2. The number of pyridine rings is 1. The summed E-state index contributed by atoms with van der Waals surface area (Å²) in [4.78, 5) is 4.10. The number of aliphatic hydroxyl groups is 1. The van der Waals surface area contributed by atoms with E-state index in [0.29, 0.717) is 18.7 Å². The van der Waals surface area contributed by atoms with Crippen molar-refractivity contribution in [3.05, 3.63) is 24.4 Å². The highest BCUT2D eigenvalue weighted by Gasteiger charge is 2.34. The largest absolute Gasteiger partial charge is 0.396 e. The van der Waals surface area contributed by atoms with E-state index in [4.69, 9.17) is 5.73 Å². The molecule has 3 rings (SSSR count). The highest BCUT2D eigenvalue weighted by molar-refractivity contribution is 7.89. The maximum absolute atomic E-state index is 12.8. The molecule has 0 saturated carbocycles. The molecule has 1 saturated heterocycles. The molecule has 2 aromatic heterocycles. The highest BCUT2D eigenvalue weighted by atomic mass is 32.2. The third kappa shape index (κ3) is 2.39.